The van der Waals surface area contributed by atoms with Crippen LogP contribution in [0.4, 0.5) is 11.6 Å². The Kier molecular flexibility index (Phi) is 4.77. The van der Waals surface area contributed by atoms with Gasteiger partial charge in [0.05, 0.1) is 12.7 Å². The van der Waals surface area contributed by atoms with Crippen molar-refractivity contribution in [2.45, 2.75) is 46.6 Å². The summed E-state index contributed by atoms with van der Waals surface area (Å²) in [4.78, 5) is 13.4. The maximum Gasteiger partial charge on any atom is 0.213 e. The quantitative estimate of drug-likeness (QED) is 0.851. The monoisotopic (exact) mass is 289 g/mol. The van der Waals surface area contributed by atoms with Gasteiger partial charge in [0, 0.05) is 24.9 Å². The highest BCUT2D eigenvalue weighted by Crippen LogP contribution is 2.23. The molecule has 0 aliphatic rings. The molecule has 21 heavy (non-hydrogen) atoms. The summed E-state index contributed by atoms with van der Waals surface area (Å²) in [6.07, 6.45) is 2.61. The maximum absolute atomic E-state index is 5.60. The molecule has 0 fully saturated rings. The van der Waals surface area contributed by atoms with Crippen LogP contribution in [0.3, 0.4) is 0 Å². The molecular formula is C15H23N5O. The predicted molar refractivity (Wildman–Crippen MR) is 83.6 cm³/mol. The molecule has 2 aromatic rings. The van der Waals surface area contributed by atoms with E-state index in [2.05, 4.69) is 39.4 Å². The van der Waals surface area contributed by atoms with Gasteiger partial charge in [0.1, 0.15) is 23.2 Å². The van der Waals surface area contributed by atoms with Crippen LogP contribution in [0.5, 0.6) is 0 Å². The van der Waals surface area contributed by atoms with E-state index in [0.29, 0.717) is 12.4 Å². The molecule has 0 amide bonds. The summed E-state index contributed by atoms with van der Waals surface area (Å²) < 4.78 is 5.60. The molecule has 0 atom stereocenters. The maximum atomic E-state index is 5.60. The van der Waals surface area contributed by atoms with Gasteiger partial charge in [-0.05, 0) is 6.92 Å². The summed E-state index contributed by atoms with van der Waals surface area (Å²) in [6, 6.07) is 0. The van der Waals surface area contributed by atoms with Gasteiger partial charge in [-0.1, -0.05) is 20.8 Å². The highest BCUT2D eigenvalue weighted by Gasteiger charge is 2.13. The van der Waals surface area contributed by atoms with Crippen molar-refractivity contribution in [3.8, 4) is 0 Å². The van der Waals surface area contributed by atoms with Crippen molar-refractivity contribution in [3.63, 3.8) is 0 Å². The molecule has 0 unspecified atom stereocenters. The largest absolute Gasteiger partial charge is 0.444 e. The van der Waals surface area contributed by atoms with Crippen LogP contribution in [0.1, 0.15) is 49.7 Å². The first kappa shape index (κ1) is 15.3. The molecule has 6 heteroatoms. The first-order valence-corrected chi connectivity index (χ1v) is 7.28. The molecule has 0 aliphatic heterocycles. The Morgan fingerprint density at radius 3 is 2.52 bits per heavy atom. The van der Waals surface area contributed by atoms with E-state index in [1.54, 1.807) is 6.20 Å². The first-order chi connectivity index (χ1) is 10.0. The minimum atomic E-state index is 0.270. The van der Waals surface area contributed by atoms with Crippen LogP contribution in [-0.2, 0) is 13.0 Å². The Morgan fingerprint density at radius 2 is 1.95 bits per heavy atom. The smallest absolute Gasteiger partial charge is 0.213 e. The zero-order valence-corrected chi connectivity index (χ0v) is 13.3. The molecule has 2 rings (SSSR count). The van der Waals surface area contributed by atoms with E-state index in [1.165, 1.54) is 0 Å². The molecular weight excluding hydrogens is 266 g/mol. The Labute approximate surface area is 125 Å². The minimum Gasteiger partial charge on any atom is -0.444 e. The second-order valence-corrected chi connectivity index (χ2v) is 5.24. The van der Waals surface area contributed by atoms with Gasteiger partial charge in [-0.25, -0.2) is 15.0 Å². The number of aromatic nitrogens is 3. The van der Waals surface area contributed by atoms with Crippen LogP contribution in [0.2, 0.25) is 0 Å². The van der Waals surface area contributed by atoms with Gasteiger partial charge in [-0.15, -0.1) is 0 Å². The standard InChI is InChI=1S/C15H23N5O/c1-6-11-7-17-12(21-11)8-18-15-10(4)14(16-5)19-13(20-15)9(2)3/h7,9H,6,8H2,1-5H3,(H2,16,18,19,20). The summed E-state index contributed by atoms with van der Waals surface area (Å²) >= 11 is 0. The molecule has 0 saturated heterocycles. The van der Waals surface area contributed by atoms with Gasteiger partial charge < -0.3 is 15.1 Å². The van der Waals surface area contributed by atoms with Gasteiger partial charge in [-0.3, -0.25) is 0 Å². The van der Waals surface area contributed by atoms with Gasteiger partial charge >= 0.3 is 0 Å². The second kappa shape index (κ2) is 6.56. The molecule has 0 aromatic carbocycles. The van der Waals surface area contributed by atoms with E-state index in [9.17, 15) is 0 Å². The second-order valence-electron chi connectivity index (χ2n) is 5.24. The highest BCUT2D eigenvalue weighted by atomic mass is 16.4. The van der Waals surface area contributed by atoms with Crippen LogP contribution < -0.4 is 10.6 Å². The third-order valence-corrected chi connectivity index (χ3v) is 3.27. The van der Waals surface area contributed by atoms with Crippen LogP contribution in [-0.4, -0.2) is 22.0 Å². The molecule has 2 aromatic heterocycles. The zero-order chi connectivity index (χ0) is 15.4. The minimum absolute atomic E-state index is 0.270. The van der Waals surface area contributed by atoms with E-state index in [1.807, 2.05) is 20.9 Å². The number of hydrogen-bond donors (Lipinski definition) is 2. The fourth-order valence-corrected chi connectivity index (χ4v) is 1.96. The van der Waals surface area contributed by atoms with Crippen molar-refractivity contribution in [1.29, 1.82) is 0 Å². The summed E-state index contributed by atoms with van der Waals surface area (Å²) in [6.45, 7) is 8.70. The molecule has 0 radical (unpaired) electrons. The SMILES string of the molecule is CCc1cnc(CNc2nc(C(C)C)nc(NC)c2C)o1. The van der Waals surface area contributed by atoms with Crippen molar-refractivity contribution in [3.05, 3.63) is 29.2 Å². The van der Waals surface area contributed by atoms with Crippen molar-refractivity contribution < 1.29 is 4.42 Å². The molecule has 114 valence electrons. The average Bonchev–Trinajstić information content (AvgIpc) is 2.94. The fraction of sp³-hybridized carbons (Fsp3) is 0.533. The van der Waals surface area contributed by atoms with E-state index in [0.717, 1.165) is 35.2 Å². The summed E-state index contributed by atoms with van der Waals surface area (Å²) in [5, 5.41) is 6.40. The van der Waals surface area contributed by atoms with Gasteiger partial charge in [0.15, 0.2) is 0 Å². The fourth-order valence-electron chi connectivity index (χ4n) is 1.96. The first-order valence-electron chi connectivity index (χ1n) is 7.28. The number of oxazole rings is 1. The van der Waals surface area contributed by atoms with Crippen LogP contribution in [0, 0.1) is 6.92 Å². The van der Waals surface area contributed by atoms with Crippen molar-refractivity contribution in [1.82, 2.24) is 15.0 Å². The lowest BCUT2D eigenvalue weighted by Crippen LogP contribution is -2.10. The number of nitrogens with zero attached hydrogens (tertiary/aromatic N) is 3. The number of nitrogens with one attached hydrogen (secondary N) is 2. The topological polar surface area (TPSA) is 75.9 Å². The Hall–Kier alpha value is -2.11. The van der Waals surface area contributed by atoms with Crippen LogP contribution in [0.25, 0.3) is 0 Å². The molecule has 0 saturated carbocycles. The van der Waals surface area contributed by atoms with Gasteiger partial charge in [0.2, 0.25) is 5.89 Å². The normalized spacial score (nSPS) is 11.0. The van der Waals surface area contributed by atoms with Crippen LogP contribution >= 0.6 is 0 Å². The zero-order valence-electron chi connectivity index (χ0n) is 13.3. The molecule has 0 aliphatic carbocycles. The lowest BCUT2D eigenvalue weighted by atomic mass is 10.2. The molecule has 0 spiro atoms. The molecule has 2 heterocycles. The van der Waals surface area contributed by atoms with Crippen molar-refractivity contribution in [2.75, 3.05) is 17.7 Å². The number of anilines is 2. The van der Waals surface area contributed by atoms with Gasteiger partial charge in [-0.2, -0.15) is 0 Å². The Balaban J connectivity index is 2.20. The molecule has 2 N–H and O–H groups in total. The number of hydrogen-bond acceptors (Lipinski definition) is 6. The summed E-state index contributed by atoms with van der Waals surface area (Å²) in [5.41, 5.74) is 0.990. The van der Waals surface area contributed by atoms with E-state index in [4.69, 9.17) is 4.42 Å². The third-order valence-electron chi connectivity index (χ3n) is 3.27. The van der Waals surface area contributed by atoms with Crippen molar-refractivity contribution in [2.24, 2.45) is 0 Å². The van der Waals surface area contributed by atoms with Crippen molar-refractivity contribution >= 4 is 11.6 Å². The predicted octanol–water partition coefficient (Wildman–Crippen LogP) is 3.11. The van der Waals surface area contributed by atoms with Crippen LogP contribution in [0.15, 0.2) is 10.6 Å². The van der Waals surface area contributed by atoms with E-state index in [-0.39, 0.29) is 5.92 Å². The summed E-state index contributed by atoms with van der Waals surface area (Å²) in [7, 11) is 1.87. The summed E-state index contributed by atoms with van der Waals surface area (Å²) in [5.74, 6) is 4.31. The Bertz CT molecular complexity index is 606. The highest BCUT2D eigenvalue weighted by molar-refractivity contribution is 5.57. The molecule has 6 nitrogen and oxygen atoms in total. The lowest BCUT2D eigenvalue weighted by Gasteiger charge is -2.14. The number of aryl methyl sites for hydroxylation is 1. The van der Waals surface area contributed by atoms with E-state index < -0.39 is 0 Å². The third kappa shape index (κ3) is 3.51. The number of rotatable bonds is 6. The van der Waals surface area contributed by atoms with Gasteiger partial charge in [0.25, 0.3) is 0 Å². The van der Waals surface area contributed by atoms with E-state index >= 15 is 0 Å². The molecule has 0 bridgehead atoms. The Morgan fingerprint density at radius 1 is 1.24 bits per heavy atom. The average molecular weight is 289 g/mol. The lowest BCUT2D eigenvalue weighted by molar-refractivity contribution is 0.465.